The number of hydrogen-bond acceptors (Lipinski definition) is 5. The molecule has 1 aliphatic heterocycles. The van der Waals surface area contributed by atoms with E-state index in [1.807, 2.05) is 31.3 Å². The number of nitrogens with one attached hydrogen (secondary N) is 2. The lowest BCUT2D eigenvalue weighted by molar-refractivity contribution is 0.0589. The van der Waals surface area contributed by atoms with Crippen molar-refractivity contribution in [3.8, 4) is 11.8 Å². The third kappa shape index (κ3) is 4.32. The van der Waals surface area contributed by atoms with Gasteiger partial charge >= 0.3 is 0 Å². The lowest BCUT2D eigenvalue weighted by atomic mass is 9.88. The van der Waals surface area contributed by atoms with Crippen LogP contribution in [-0.2, 0) is 4.74 Å². The highest BCUT2D eigenvalue weighted by atomic mass is 16.5. The minimum absolute atomic E-state index is 0.263. The molecular formula is C26H30N4O2. The zero-order valence-electron chi connectivity index (χ0n) is 18.5. The van der Waals surface area contributed by atoms with Crippen molar-refractivity contribution in [1.82, 2.24) is 9.97 Å². The zero-order chi connectivity index (χ0) is 22.0. The van der Waals surface area contributed by atoms with Gasteiger partial charge in [-0.15, -0.1) is 0 Å². The Labute approximate surface area is 189 Å². The normalized spacial score (nSPS) is 18.9. The molecule has 2 aliphatic rings. The summed E-state index contributed by atoms with van der Waals surface area (Å²) < 4.78 is 5.55. The summed E-state index contributed by atoms with van der Waals surface area (Å²) in [6.45, 7) is 5.01. The second-order valence-electron chi connectivity index (χ2n) is 8.93. The van der Waals surface area contributed by atoms with Crippen molar-refractivity contribution in [1.29, 1.82) is 0 Å². The Bertz CT molecular complexity index is 1150. The van der Waals surface area contributed by atoms with Gasteiger partial charge in [0.25, 0.3) is 0 Å². The van der Waals surface area contributed by atoms with Gasteiger partial charge in [0.05, 0.1) is 30.3 Å². The van der Waals surface area contributed by atoms with Crippen LogP contribution in [0, 0.1) is 17.8 Å². The minimum atomic E-state index is -0.949. The Morgan fingerprint density at radius 2 is 1.97 bits per heavy atom. The van der Waals surface area contributed by atoms with Crippen molar-refractivity contribution in [2.24, 2.45) is 5.92 Å². The van der Waals surface area contributed by atoms with Crippen LogP contribution in [0.4, 0.5) is 17.1 Å². The van der Waals surface area contributed by atoms with Crippen LogP contribution in [0.15, 0.2) is 42.7 Å². The Balaban J connectivity index is 1.49. The highest BCUT2D eigenvalue weighted by Crippen LogP contribution is 2.35. The molecule has 1 aromatic carbocycles. The van der Waals surface area contributed by atoms with Gasteiger partial charge in [0.2, 0.25) is 0 Å². The highest BCUT2D eigenvalue weighted by Gasteiger charge is 2.32. The van der Waals surface area contributed by atoms with Gasteiger partial charge in [0.15, 0.2) is 0 Å². The maximum atomic E-state index is 10.9. The number of fused-ring (bicyclic) bond motifs is 1. The molecule has 6 nitrogen and oxygen atoms in total. The molecular weight excluding hydrogens is 400 g/mol. The summed E-state index contributed by atoms with van der Waals surface area (Å²) >= 11 is 0. The standard InChI is InChI=1S/C26H30N4O2/c1-26(31,20-4-2-3-5-20)11-8-19-6-7-24(30-14-16-32-17-15-30)23(18-19)29-22-10-13-28-25-21(22)9-12-27-25/h6-7,9-10,12-13,18,20,31H,2-5,14-17H2,1H3,(H2,27,28,29). The predicted octanol–water partition coefficient (Wildman–Crippen LogP) is 4.44. The number of aromatic nitrogens is 2. The fourth-order valence-corrected chi connectivity index (χ4v) is 4.80. The van der Waals surface area contributed by atoms with E-state index < -0.39 is 5.60 Å². The number of hydrogen-bond donors (Lipinski definition) is 3. The van der Waals surface area contributed by atoms with Gasteiger partial charge in [-0.05, 0) is 56.0 Å². The Morgan fingerprint density at radius 3 is 2.78 bits per heavy atom. The summed E-state index contributed by atoms with van der Waals surface area (Å²) in [6.07, 6.45) is 8.18. The van der Waals surface area contributed by atoms with Gasteiger partial charge < -0.3 is 25.0 Å². The monoisotopic (exact) mass is 430 g/mol. The maximum absolute atomic E-state index is 10.9. The van der Waals surface area contributed by atoms with E-state index in [1.165, 1.54) is 12.8 Å². The van der Waals surface area contributed by atoms with E-state index in [1.54, 1.807) is 6.20 Å². The average molecular weight is 431 g/mol. The molecule has 1 saturated heterocycles. The van der Waals surface area contributed by atoms with Crippen LogP contribution < -0.4 is 10.2 Å². The molecule has 3 aromatic rings. The average Bonchev–Trinajstić information content (AvgIpc) is 3.52. The van der Waals surface area contributed by atoms with Crippen LogP contribution in [0.1, 0.15) is 38.2 Å². The second kappa shape index (κ2) is 8.85. The molecule has 0 radical (unpaired) electrons. The van der Waals surface area contributed by atoms with Gasteiger partial charge in [-0.2, -0.15) is 0 Å². The fraction of sp³-hybridized carbons (Fsp3) is 0.423. The van der Waals surface area contributed by atoms with Gasteiger partial charge in [-0.3, -0.25) is 0 Å². The Hall–Kier alpha value is -3.01. The van der Waals surface area contributed by atoms with E-state index in [-0.39, 0.29) is 5.92 Å². The van der Waals surface area contributed by atoms with Crippen molar-refractivity contribution in [3.05, 3.63) is 48.3 Å². The summed E-state index contributed by atoms with van der Waals surface area (Å²) in [7, 11) is 0. The molecule has 32 heavy (non-hydrogen) atoms. The van der Waals surface area contributed by atoms with E-state index >= 15 is 0 Å². The quantitative estimate of drug-likeness (QED) is 0.534. The van der Waals surface area contributed by atoms with Crippen molar-refractivity contribution in [2.45, 2.75) is 38.2 Å². The number of anilines is 3. The number of aliphatic hydroxyl groups is 1. The van der Waals surface area contributed by atoms with Crippen molar-refractivity contribution in [2.75, 3.05) is 36.5 Å². The van der Waals surface area contributed by atoms with Crippen molar-refractivity contribution in [3.63, 3.8) is 0 Å². The Morgan fingerprint density at radius 1 is 1.16 bits per heavy atom. The molecule has 3 heterocycles. The van der Waals surface area contributed by atoms with E-state index in [2.05, 4.69) is 44.2 Å². The summed E-state index contributed by atoms with van der Waals surface area (Å²) in [5, 5.41) is 15.6. The van der Waals surface area contributed by atoms with E-state index in [0.717, 1.165) is 72.8 Å². The molecule has 5 rings (SSSR count). The maximum Gasteiger partial charge on any atom is 0.139 e. The second-order valence-corrected chi connectivity index (χ2v) is 8.93. The number of pyridine rings is 1. The molecule has 1 unspecified atom stereocenters. The first-order valence-electron chi connectivity index (χ1n) is 11.5. The third-order valence-electron chi connectivity index (χ3n) is 6.69. The first kappa shape index (κ1) is 20.9. The van der Waals surface area contributed by atoms with Crippen LogP contribution in [-0.4, -0.2) is 47.0 Å². The van der Waals surface area contributed by atoms with Gasteiger partial charge in [0.1, 0.15) is 11.2 Å². The van der Waals surface area contributed by atoms with Crippen LogP contribution in [0.2, 0.25) is 0 Å². The molecule has 1 atom stereocenters. The number of rotatable bonds is 4. The first-order chi connectivity index (χ1) is 15.6. The molecule has 6 heteroatoms. The topological polar surface area (TPSA) is 73.4 Å². The molecule has 1 saturated carbocycles. The molecule has 166 valence electrons. The van der Waals surface area contributed by atoms with Crippen molar-refractivity contribution < 1.29 is 9.84 Å². The lowest BCUT2D eigenvalue weighted by Gasteiger charge is -2.31. The number of morpholine rings is 1. The smallest absolute Gasteiger partial charge is 0.139 e. The molecule has 0 bridgehead atoms. The number of benzene rings is 1. The molecule has 0 amide bonds. The van der Waals surface area contributed by atoms with Gasteiger partial charge in [0, 0.05) is 36.4 Å². The summed E-state index contributed by atoms with van der Waals surface area (Å²) in [6, 6.07) is 10.3. The first-order valence-corrected chi connectivity index (χ1v) is 11.5. The Kier molecular flexibility index (Phi) is 5.77. The largest absolute Gasteiger partial charge is 0.378 e. The van der Waals surface area contributed by atoms with E-state index in [4.69, 9.17) is 4.74 Å². The number of H-pyrrole nitrogens is 1. The predicted molar refractivity (Wildman–Crippen MR) is 128 cm³/mol. The third-order valence-corrected chi connectivity index (χ3v) is 6.69. The molecule has 2 fully saturated rings. The summed E-state index contributed by atoms with van der Waals surface area (Å²) in [4.78, 5) is 9.91. The molecule has 2 aromatic heterocycles. The van der Waals surface area contributed by atoms with Crippen LogP contribution in [0.25, 0.3) is 11.0 Å². The minimum Gasteiger partial charge on any atom is -0.378 e. The summed E-state index contributed by atoms with van der Waals surface area (Å²) in [5.41, 5.74) is 3.91. The zero-order valence-corrected chi connectivity index (χ0v) is 18.5. The summed E-state index contributed by atoms with van der Waals surface area (Å²) in [5.74, 6) is 6.67. The number of ether oxygens (including phenoxy) is 1. The van der Waals surface area contributed by atoms with Crippen LogP contribution >= 0.6 is 0 Å². The highest BCUT2D eigenvalue weighted by molar-refractivity contribution is 5.93. The van der Waals surface area contributed by atoms with Gasteiger partial charge in [-0.1, -0.05) is 24.7 Å². The van der Waals surface area contributed by atoms with Gasteiger partial charge in [-0.25, -0.2) is 4.98 Å². The molecule has 3 N–H and O–H groups in total. The fourth-order valence-electron chi connectivity index (χ4n) is 4.80. The van der Waals surface area contributed by atoms with Crippen LogP contribution in [0.3, 0.4) is 0 Å². The van der Waals surface area contributed by atoms with Crippen LogP contribution in [0.5, 0.6) is 0 Å². The van der Waals surface area contributed by atoms with E-state index in [0.29, 0.717) is 0 Å². The molecule has 0 spiro atoms. The van der Waals surface area contributed by atoms with Crippen molar-refractivity contribution >= 4 is 28.1 Å². The SMILES string of the molecule is CC(O)(C#Cc1ccc(N2CCOCC2)c(Nc2ccnc3[nH]ccc23)c1)C1CCCC1. The van der Waals surface area contributed by atoms with E-state index in [9.17, 15) is 5.11 Å². The molecule has 1 aliphatic carbocycles. The lowest BCUT2D eigenvalue weighted by Crippen LogP contribution is -2.36. The number of nitrogens with zero attached hydrogens (tertiary/aromatic N) is 2. The number of aromatic amines is 1.